The number of aliphatic hydroxyl groups excluding tert-OH is 2. The highest BCUT2D eigenvalue weighted by atomic mass is 16.3. The lowest BCUT2D eigenvalue weighted by atomic mass is 9.93. The second kappa shape index (κ2) is 8.43. The Morgan fingerprint density at radius 2 is 1.72 bits per heavy atom. The Hall–Kier alpha value is -1.94. The van der Waals surface area contributed by atoms with E-state index in [1.54, 1.807) is 0 Å². The summed E-state index contributed by atoms with van der Waals surface area (Å²) < 4.78 is 0. The minimum Gasteiger partial charge on any atom is -0.394 e. The molecule has 1 aliphatic heterocycles. The van der Waals surface area contributed by atoms with Crippen molar-refractivity contribution in [2.24, 2.45) is 0 Å². The molecule has 1 aliphatic rings. The summed E-state index contributed by atoms with van der Waals surface area (Å²) >= 11 is 0. The van der Waals surface area contributed by atoms with E-state index < -0.39 is 6.10 Å². The lowest BCUT2D eigenvalue weighted by Gasteiger charge is -2.39. The van der Waals surface area contributed by atoms with Crippen molar-refractivity contribution >= 4 is 0 Å². The minimum atomic E-state index is -0.491. The SMILES string of the molecule is Cc1ccc([C@@H](O)C[C@@H]2CC=CCN2[C@H](CO)c2ccccc2)cc1. The van der Waals surface area contributed by atoms with Gasteiger partial charge < -0.3 is 10.2 Å². The Kier molecular flexibility index (Phi) is 6.03. The van der Waals surface area contributed by atoms with E-state index in [-0.39, 0.29) is 18.7 Å². The molecule has 132 valence electrons. The highest BCUT2D eigenvalue weighted by Crippen LogP contribution is 2.31. The first-order valence-corrected chi connectivity index (χ1v) is 9.00. The number of benzene rings is 2. The summed E-state index contributed by atoms with van der Waals surface area (Å²) in [5, 5.41) is 20.7. The van der Waals surface area contributed by atoms with E-state index in [4.69, 9.17) is 0 Å². The van der Waals surface area contributed by atoms with Crippen LogP contribution in [0.15, 0.2) is 66.7 Å². The van der Waals surface area contributed by atoms with Crippen LogP contribution in [0.4, 0.5) is 0 Å². The first kappa shape index (κ1) is 17.9. The second-order valence-electron chi connectivity index (χ2n) is 6.83. The van der Waals surface area contributed by atoms with E-state index in [2.05, 4.69) is 36.1 Å². The summed E-state index contributed by atoms with van der Waals surface area (Å²) in [5.74, 6) is 0. The van der Waals surface area contributed by atoms with Crippen LogP contribution in [0.2, 0.25) is 0 Å². The zero-order valence-electron chi connectivity index (χ0n) is 14.8. The number of aryl methyl sites for hydroxylation is 1. The maximum absolute atomic E-state index is 10.7. The van der Waals surface area contributed by atoms with Crippen molar-refractivity contribution in [3.8, 4) is 0 Å². The monoisotopic (exact) mass is 337 g/mol. The van der Waals surface area contributed by atoms with Gasteiger partial charge in [0.2, 0.25) is 0 Å². The van der Waals surface area contributed by atoms with Crippen LogP contribution in [0, 0.1) is 6.92 Å². The second-order valence-corrected chi connectivity index (χ2v) is 6.83. The summed E-state index contributed by atoms with van der Waals surface area (Å²) in [4.78, 5) is 2.31. The van der Waals surface area contributed by atoms with Gasteiger partial charge in [0.1, 0.15) is 0 Å². The molecule has 0 bridgehead atoms. The Morgan fingerprint density at radius 3 is 2.40 bits per heavy atom. The maximum Gasteiger partial charge on any atom is 0.0805 e. The standard InChI is InChI=1S/C22H27NO2/c1-17-10-12-19(13-11-17)22(25)15-20-9-5-6-14-23(20)21(16-24)18-7-3-2-4-8-18/h2-8,10-13,20-22,24-25H,9,14-16H2,1H3/t20-,21+,22-/m0/s1. The molecule has 0 saturated heterocycles. The van der Waals surface area contributed by atoms with E-state index >= 15 is 0 Å². The van der Waals surface area contributed by atoms with Crippen LogP contribution in [0.3, 0.4) is 0 Å². The fraction of sp³-hybridized carbons (Fsp3) is 0.364. The normalized spacial score (nSPS) is 20.4. The predicted octanol–water partition coefficient (Wildman–Crippen LogP) is 3.78. The van der Waals surface area contributed by atoms with Gasteiger partial charge in [-0.25, -0.2) is 0 Å². The van der Waals surface area contributed by atoms with Crippen molar-refractivity contribution in [2.45, 2.75) is 38.0 Å². The predicted molar refractivity (Wildman–Crippen MR) is 101 cm³/mol. The fourth-order valence-corrected chi connectivity index (χ4v) is 3.61. The van der Waals surface area contributed by atoms with Crippen LogP contribution in [0.5, 0.6) is 0 Å². The zero-order valence-corrected chi connectivity index (χ0v) is 14.8. The molecular weight excluding hydrogens is 310 g/mol. The highest BCUT2D eigenvalue weighted by Gasteiger charge is 2.29. The third-order valence-corrected chi connectivity index (χ3v) is 5.08. The fourth-order valence-electron chi connectivity index (χ4n) is 3.61. The van der Waals surface area contributed by atoms with E-state index in [9.17, 15) is 10.2 Å². The molecule has 25 heavy (non-hydrogen) atoms. The topological polar surface area (TPSA) is 43.7 Å². The minimum absolute atomic E-state index is 0.0404. The molecule has 2 aromatic rings. The Labute approximate surface area is 150 Å². The van der Waals surface area contributed by atoms with Crippen LogP contribution < -0.4 is 0 Å². The molecule has 0 radical (unpaired) electrons. The molecular formula is C22H27NO2. The van der Waals surface area contributed by atoms with E-state index in [0.717, 1.165) is 24.1 Å². The molecule has 3 nitrogen and oxygen atoms in total. The molecule has 2 N–H and O–H groups in total. The quantitative estimate of drug-likeness (QED) is 0.789. The third kappa shape index (κ3) is 4.37. The molecule has 0 aromatic heterocycles. The van der Waals surface area contributed by atoms with Gasteiger partial charge in [0, 0.05) is 12.6 Å². The lowest BCUT2D eigenvalue weighted by Crippen LogP contribution is -2.42. The van der Waals surface area contributed by atoms with Gasteiger partial charge in [0.15, 0.2) is 0 Å². The van der Waals surface area contributed by atoms with Gasteiger partial charge in [0.25, 0.3) is 0 Å². The Balaban J connectivity index is 1.76. The summed E-state index contributed by atoms with van der Waals surface area (Å²) in [7, 11) is 0. The molecule has 3 atom stereocenters. The molecule has 1 heterocycles. The van der Waals surface area contributed by atoms with Crippen LogP contribution >= 0.6 is 0 Å². The summed E-state index contributed by atoms with van der Waals surface area (Å²) in [6.45, 7) is 2.93. The molecule has 0 amide bonds. The summed E-state index contributed by atoms with van der Waals surface area (Å²) in [6.07, 6.45) is 5.40. The number of aliphatic hydroxyl groups is 2. The van der Waals surface area contributed by atoms with Gasteiger partial charge in [-0.1, -0.05) is 72.3 Å². The van der Waals surface area contributed by atoms with Crippen molar-refractivity contribution in [1.82, 2.24) is 4.90 Å². The van der Waals surface area contributed by atoms with Gasteiger partial charge in [-0.3, -0.25) is 4.90 Å². The Morgan fingerprint density at radius 1 is 1.00 bits per heavy atom. The summed E-state index contributed by atoms with van der Waals surface area (Å²) in [6, 6.07) is 18.4. The molecule has 2 aromatic carbocycles. The number of rotatable bonds is 6. The molecule has 0 aliphatic carbocycles. The van der Waals surface area contributed by atoms with Crippen LogP contribution in [-0.2, 0) is 0 Å². The maximum atomic E-state index is 10.7. The summed E-state index contributed by atoms with van der Waals surface area (Å²) in [5.41, 5.74) is 3.28. The number of hydrogen-bond donors (Lipinski definition) is 2. The molecule has 0 saturated carbocycles. The van der Waals surface area contributed by atoms with Crippen molar-refractivity contribution in [3.05, 3.63) is 83.4 Å². The van der Waals surface area contributed by atoms with Gasteiger partial charge >= 0.3 is 0 Å². The first-order valence-electron chi connectivity index (χ1n) is 9.00. The first-order chi connectivity index (χ1) is 12.2. The van der Waals surface area contributed by atoms with Crippen LogP contribution in [-0.4, -0.2) is 34.3 Å². The lowest BCUT2D eigenvalue weighted by molar-refractivity contribution is 0.0532. The smallest absolute Gasteiger partial charge is 0.0805 e. The van der Waals surface area contributed by atoms with E-state index in [1.165, 1.54) is 5.56 Å². The number of nitrogens with zero attached hydrogens (tertiary/aromatic N) is 1. The zero-order chi connectivity index (χ0) is 17.6. The van der Waals surface area contributed by atoms with Crippen molar-refractivity contribution < 1.29 is 10.2 Å². The van der Waals surface area contributed by atoms with E-state index in [1.807, 2.05) is 42.5 Å². The largest absolute Gasteiger partial charge is 0.394 e. The van der Waals surface area contributed by atoms with Gasteiger partial charge in [-0.05, 0) is 30.9 Å². The highest BCUT2D eigenvalue weighted by molar-refractivity contribution is 5.24. The van der Waals surface area contributed by atoms with Crippen molar-refractivity contribution in [3.63, 3.8) is 0 Å². The average Bonchev–Trinajstić information content (AvgIpc) is 2.65. The molecule has 0 fully saturated rings. The molecule has 0 unspecified atom stereocenters. The number of hydrogen-bond acceptors (Lipinski definition) is 3. The van der Waals surface area contributed by atoms with Gasteiger partial charge in [0.05, 0.1) is 18.8 Å². The van der Waals surface area contributed by atoms with Crippen molar-refractivity contribution in [1.29, 1.82) is 0 Å². The van der Waals surface area contributed by atoms with Gasteiger partial charge in [-0.2, -0.15) is 0 Å². The van der Waals surface area contributed by atoms with Crippen molar-refractivity contribution in [2.75, 3.05) is 13.2 Å². The average molecular weight is 337 g/mol. The van der Waals surface area contributed by atoms with Crippen LogP contribution in [0.25, 0.3) is 0 Å². The third-order valence-electron chi connectivity index (χ3n) is 5.08. The van der Waals surface area contributed by atoms with Crippen LogP contribution in [0.1, 0.15) is 41.7 Å². The van der Waals surface area contributed by atoms with Gasteiger partial charge in [-0.15, -0.1) is 0 Å². The molecule has 3 heteroatoms. The molecule has 3 rings (SSSR count). The molecule has 0 spiro atoms. The van der Waals surface area contributed by atoms with E-state index in [0.29, 0.717) is 6.42 Å². The Bertz CT molecular complexity index is 681.